The Morgan fingerprint density at radius 1 is 1.50 bits per heavy atom. The first-order valence-electron chi connectivity index (χ1n) is 6.38. The van der Waals surface area contributed by atoms with Gasteiger partial charge in [-0.3, -0.25) is 4.79 Å². The van der Waals surface area contributed by atoms with Crippen molar-refractivity contribution in [3.8, 4) is 11.5 Å². The number of esters is 1. The maximum Gasteiger partial charge on any atom is 0.342 e. The van der Waals surface area contributed by atoms with Gasteiger partial charge in [0, 0.05) is 12.0 Å². The zero-order chi connectivity index (χ0) is 14.5. The number of ketones is 1. The van der Waals surface area contributed by atoms with Crippen LogP contribution in [0.2, 0.25) is 0 Å². The number of phenolic OH excluding ortho intramolecular Hbond substituents is 1. The molecule has 0 bridgehead atoms. The van der Waals surface area contributed by atoms with Crippen LogP contribution in [-0.2, 0) is 9.53 Å². The van der Waals surface area contributed by atoms with E-state index in [-0.39, 0.29) is 23.5 Å². The average molecular weight is 278 g/mol. The van der Waals surface area contributed by atoms with Crippen LogP contribution in [0.5, 0.6) is 11.5 Å². The van der Waals surface area contributed by atoms with Crippen LogP contribution in [0.1, 0.15) is 41.1 Å². The first-order valence-corrected chi connectivity index (χ1v) is 6.38. The van der Waals surface area contributed by atoms with Gasteiger partial charge in [-0.1, -0.05) is 0 Å². The van der Waals surface area contributed by atoms with Crippen molar-refractivity contribution in [2.45, 2.75) is 31.0 Å². The summed E-state index contributed by atoms with van der Waals surface area (Å²) in [6, 6.07) is 2.73. The third-order valence-electron chi connectivity index (χ3n) is 3.96. The zero-order valence-corrected chi connectivity index (χ0v) is 10.9. The van der Waals surface area contributed by atoms with Crippen LogP contribution in [0.3, 0.4) is 0 Å². The molecule has 0 saturated heterocycles. The van der Waals surface area contributed by atoms with E-state index in [0.29, 0.717) is 18.4 Å². The molecule has 6 nitrogen and oxygen atoms in total. The van der Waals surface area contributed by atoms with Gasteiger partial charge in [0.2, 0.25) is 5.78 Å². The monoisotopic (exact) mass is 278 g/mol. The molecule has 1 aromatic rings. The molecular formula is C14H14O6. The second-order valence-corrected chi connectivity index (χ2v) is 5.03. The molecule has 2 aliphatic rings. The number of aliphatic hydroxyl groups is 1. The van der Waals surface area contributed by atoms with Gasteiger partial charge in [0.1, 0.15) is 17.1 Å². The lowest BCUT2D eigenvalue weighted by atomic mass is 9.78. The van der Waals surface area contributed by atoms with Gasteiger partial charge in [0.25, 0.3) is 5.79 Å². The van der Waals surface area contributed by atoms with E-state index >= 15 is 0 Å². The number of hydrogen-bond acceptors (Lipinski definition) is 6. The summed E-state index contributed by atoms with van der Waals surface area (Å²) in [5.74, 6) is -3.71. The fourth-order valence-corrected chi connectivity index (χ4v) is 3.01. The van der Waals surface area contributed by atoms with Gasteiger partial charge in [-0.25, -0.2) is 4.79 Å². The average Bonchev–Trinajstić information content (AvgIpc) is 2.73. The van der Waals surface area contributed by atoms with Crippen LogP contribution < -0.4 is 4.74 Å². The molecule has 0 unspecified atom stereocenters. The topological polar surface area (TPSA) is 93.1 Å². The van der Waals surface area contributed by atoms with E-state index in [1.54, 1.807) is 0 Å². The quantitative estimate of drug-likeness (QED) is 0.747. The predicted octanol–water partition coefficient (Wildman–Crippen LogP) is 1.10. The van der Waals surface area contributed by atoms with E-state index in [9.17, 15) is 19.8 Å². The van der Waals surface area contributed by atoms with Gasteiger partial charge in [0.15, 0.2) is 0 Å². The molecule has 2 N–H and O–H groups in total. The van der Waals surface area contributed by atoms with Crippen LogP contribution in [-0.4, -0.2) is 34.9 Å². The number of aromatic hydroxyl groups is 1. The standard InChI is InChI=1S/C14H14O6/c1-19-13(17)12-8(15)5-6-9-11(12)7-3-2-4-10(16)14(7,18)20-9/h5-7,15,18H,2-4H2,1H3/t7-,14+/m1/s1. The molecule has 1 aliphatic heterocycles. The summed E-state index contributed by atoms with van der Waals surface area (Å²) in [5, 5.41) is 20.4. The van der Waals surface area contributed by atoms with Crippen molar-refractivity contribution in [2.24, 2.45) is 0 Å². The van der Waals surface area contributed by atoms with E-state index in [1.165, 1.54) is 19.2 Å². The largest absolute Gasteiger partial charge is 0.507 e. The van der Waals surface area contributed by atoms with Gasteiger partial charge in [-0.2, -0.15) is 0 Å². The van der Waals surface area contributed by atoms with Gasteiger partial charge in [-0.15, -0.1) is 0 Å². The first kappa shape index (κ1) is 12.9. The Labute approximate surface area is 114 Å². The fourth-order valence-electron chi connectivity index (χ4n) is 3.01. The molecule has 1 heterocycles. The van der Waals surface area contributed by atoms with Gasteiger partial charge >= 0.3 is 5.97 Å². The number of rotatable bonds is 1. The molecule has 0 radical (unpaired) electrons. The van der Waals surface area contributed by atoms with Crippen molar-refractivity contribution >= 4 is 11.8 Å². The number of methoxy groups -OCH3 is 1. The number of carbonyl (C=O) groups excluding carboxylic acids is 2. The molecule has 106 valence electrons. The van der Waals surface area contributed by atoms with Crippen molar-refractivity contribution < 1.29 is 29.3 Å². The number of fused-ring (bicyclic) bond motifs is 3. The molecule has 1 aromatic carbocycles. The number of benzene rings is 1. The minimum absolute atomic E-state index is 0.0411. The Kier molecular flexibility index (Phi) is 2.72. The van der Waals surface area contributed by atoms with Crippen LogP contribution >= 0.6 is 0 Å². The van der Waals surface area contributed by atoms with E-state index in [0.717, 1.165) is 0 Å². The summed E-state index contributed by atoms with van der Waals surface area (Å²) in [4.78, 5) is 23.8. The summed E-state index contributed by atoms with van der Waals surface area (Å²) >= 11 is 0. The van der Waals surface area contributed by atoms with Crippen molar-refractivity contribution in [1.29, 1.82) is 0 Å². The van der Waals surface area contributed by atoms with E-state index in [2.05, 4.69) is 4.74 Å². The van der Waals surface area contributed by atoms with Crippen LogP contribution in [0.15, 0.2) is 12.1 Å². The SMILES string of the molecule is COC(=O)c1c(O)ccc2c1[C@H]1CCCC(=O)[C@@]1(O)O2. The number of carbonyl (C=O) groups is 2. The van der Waals surface area contributed by atoms with Gasteiger partial charge in [-0.05, 0) is 25.0 Å². The summed E-state index contributed by atoms with van der Waals surface area (Å²) in [7, 11) is 1.20. The minimum atomic E-state index is -1.93. The highest BCUT2D eigenvalue weighted by Crippen LogP contribution is 2.52. The number of Topliss-reactive ketones (excluding diaryl/α,β-unsaturated/α-hetero) is 1. The Hall–Kier alpha value is -2.08. The normalized spacial score (nSPS) is 27.5. The first-order chi connectivity index (χ1) is 9.49. The molecule has 1 aliphatic carbocycles. The predicted molar refractivity (Wildman–Crippen MR) is 66.6 cm³/mol. The van der Waals surface area contributed by atoms with Crippen molar-refractivity contribution in [3.63, 3.8) is 0 Å². The molecule has 0 aromatic heterocycles. The summed E-state index contributed by atoms with van der Waals surface area (Å²) in [6.07, 6.45) is 1.34. The van der Waals surface area contributed by atoms with Crippen molar-refractivity contribution in [2.75, 3.05) is 7.11 Å². The van der Waals surface area contributed by atoms with Crippen LogP contribution in [0.25, 0.3) is 0 Å². The Morgan fingerprint density at radius 2 is 2.25 bits per heavy atom. The minimum Gasteiger partial charge on any atom is -0.507 e. The summed E-state index contributed by atoms with van der Waals surface area (Å²) in [5.41, 5.74) is 0.313. The molecule has 1 saturated carbocycles. The van der Waals surface area contributed by atoms with E-state index in [1.807, 2.05) is 0 Å². The Morgan fingerprint density at radius 3 is 2.95 bits per heavy atom. The van der Waals surface area contributed by atoms with E-state index in [4.69, 9.17) is 4.74 Å². The second kappa shape index (κ2) is 4.21. The number of hydrogen-bond donors (Lipinski definition) is 2. The summed E-state index contributed by atoms with van der Waals surface area (Å²) < 4.78 is 10.0. The van der Waals surface area contributed by atoms with Crippen molar-refractivity contribution in [1.82, 2.24) is 0 Å². The lowest BCUT2D eigenvalue weighted by Crippen LogP contribution is -2.48. The van der Waals surface area contributed by atoms with Crippen LogP contribution in [0, 0.1) is 0 Å². The highest BCUT2D eigenvalue weighted by atomic mass is 16.6. The fraction of sp³-hybridized carbons (Fsp3) is 0.429. The Bertz CT molecular complexity index is 608. The maximum absolute atomic E-state index is 11.9. The Balaban J connectivity index is 2.20. The number of phenols is 1. The zero-order valence-electron chi connectivity index (χ0n) is 10.9. The maximum atomic E-state index is 11.9. The lowest BCUT2D eigenvalue weighted by Gasteiger charge is -2.31. The molecule has 20 heavy (non-hydrogen) atoms. The smallest absolute Gasteiger partial charge is 0.342 e. The number of ether oxygens (including phenoxy) is 2. The lowest BCUT2D eigenvalue weighted by molar-refractivity contribution is -0.178. The molecule has 3 rings (SSSR count). The molecular weight excluding hydrogens is 264 g/mol. The molecule has 0 spiro atoms. The highest BCUT2D eigenvalue weighted by Gasteiger charge is 2.56. The summed E-state index contributed by atoms with van der Waals surface area (Å²) in [6.45, 7) is 0. The molecule has 1 fully saturated rings. The molecule has 2 atom stereocenters. The molecule has 0 amide bonds. The van der Waals surface area contributed by atoms with E-state index < -0.39 is 23.5 Å². The van der Waals surface area contributed by atoms with Gasteiger partial charge < -0.3 is 19.7 Å². The second-order valence-electron chi connectivity index (χ2n) is 5.03. The third kappa shape index (κ3) is 1.54. The van der Waals surface area contributed by atoms with Gasteiger partial charge in [0.05, 0.1) is 13.0 Å². The highest BCUT2D eigenvalue weighted by molar-refractivity contribution is 5.97. The third-order valence-corrected chi connectivity index (χ3v) is 3.96. The van der Waals surface area contributed by atoms with Crippen molar-refractivity contribution in [3.05, 3.63) is 23.3 Å². The molecule has 6 heteroatoms. The van der Waals surface area contributed by atoms with Crippen LogP contribution in [0.4, 0.5) is 0 Å².